The number of aromatic nitrogens is 1. The molecule has 1 atom stereocenters. The van der Waals surface area contributed by atoms with E-state index in [4.69, 9.17) is 14.2 Å². The van der Waals surface area contributed by atoms with Gasteiger partial charge in [-0.3, -0.25) is 0 Å². The number of hydrogen-bond donors (Lipinski definition) is 1. The van der Waals surface area contributed by atoms with Crippen LogP contribution >= 0.6 is 0 Å². The molecule has 0 bridgehead atoms. The third-order valence-electron chi connectivity index (χ3n) is 4.88. The van der Waals surface area contributed by atoms with Gasteiger partial charge in [0.15, 0.2) is 0 Å². The lowest BCUT2D eigenvalue weighted by Crippen LogP contribution is -2.09. The summed E-state index contributed by atoms with van der Waals surface area (Å²) in [6, 6.07) is 19.8. The van der Waals surface area contributed by atoms with E-state index in [1.165, 1.54) is 0 Å². The number of ether oxygens (including phenoxy) is 3. The molecule has 1 aromatic heterocycles. The summed E-state index contributed by atoms with van der Waals surface area (Å²) in [7, 11) is 1.61. The highest BCUT2D eigenvalue weighted by molar-refractivity contribution is 5.43. The fourth-order valence-corrected chi connectivity index (χ4v) is 3.35. The van der Waals surface area contributed by atoms with Gasteiger partial charge in [0.2, 0.25) is 5.88 Å². The number of aryl methyl sites for hydroxylation is 2. The van der Waals surface area contributed by atoms with Crippen LogP contribution in [0.3, 0.4) is 0 Å². The Morgan fingerprint density at radius 1 is 0.967 bits per heavy atom. The molecule has 0 spiro atoms. The molecule has 3 aromatic rings. The van der Waals surface area contributed by atoms with Crippen molar-refractivity contribution in [1.82, 2.24) is 4.98 Å². The van der Waals surface area contributed by atoms with Gasteiger partial charge in [-0.1, -0.05) is 54.6 Å². The Hall–Kier alpha value is -2.73. The zero-order valence-electron chi connectivity index (χ0n) is 17.8. The molecule has 1 unspecified atom stereocenters. The Balaban J connectivity index is 1.76. The molecule has 30 heavy (non-hydrogen) atoms. The number of hydrogen-bond acceptors (Lipinski definition) is 5. The Kier molecular flexibility index (Phi) is 7.97. The highest BCUT2D eigenvalue weighted by Gasteiger charge is 2.20. The van der Waals surface area contributed by atoms with Gasteiger partial charge in [-0.2, -0.15) is 0 Å². The molecule has 0 fully saturated rings. The third kappa shape index (κ3) is 5.89. The molecule has 5 heteroatoms. The lowest BCUT2D eigenvalue weighted by Gasteiger charge is -2.19. The predicted molar refractivity (Wildman–Crippen MR) is 117 cm³/mol. The summed E-state index contributed by atoms with van der Waals surface area (Å²) in [5.74, 6) is 0.473. The fourth-order valence-electron chi connectivity index (χ4n) is 3.35. The quantitative estimate of drug-likeness (QED) is 0.395. The first kappa shape index (κ1) is 22.0. The van der Waals surface area contributed by atoms with Crippen molar-refractivity contribution in [3.63, 3.8) is 0 Å². The average Bonchev–Trinajstić information content (AvgIpc) is 2.76. The van der Waals surface area contributed by atoms with Crippen LogP contribution in [0.15, 0.2) is 60.7 Å². The highest BCUT2D eigenvalue weighted by Crippen LogP contribution is 2.32. The molecular formula is C25H29NO4. The topological polar surface area (TPSA) is 60.8 Å². The van der Waals surface area contributed by atoms with Crippen LogP contribution in [-0.2, 0) is 22.5 Å². The largest absolute Gasteiger partial charge is 0.473 e. The molecule has 5 nitrogen and oxygen atoms in total. The van der Waals surface area contributed by atoms with Crippen LogP contribution in [0.25, 0.3) is 0 Å². The molecule has 0 amide bonds. The maximum absolute atomic E-state index is 11.1. The van der Waals surface area contributed by atoms with E-state index >= 15 is 0 Å². The maximum Gasteiger partial charge on any atom is 0.220 e. The molecule has 1 N–H and O–H groups in total. The second kappa shape index (κ2) is 10.9. The zero-order valence-corrected chi connectivity index (χ0v) is 17.8. The molecule has 0 saturated carbocycles. The number of rotatable bonds is 10. The summed E-state index contributed by atoms with van der Waals surface area (Å²) < 4.78 is 16.3. The summed E-state index contributed by atoms with van der Waals surface area (Å²) in [4.78, 5) is 4.56. The van der Waals surface area contributed by atoms with Gasteiger partial charge in [-0.15, -0.1) is 0 Å². The number of methoxy groups -OCH3 is 1. The van der Waals surface area contributed by atoms with E-state index in [1.54, 1.807) is 7.11 Å². The van der Waals surface area contributed by atoms with Crippen LogP contribution in [-0.4, -0.2) is 30.6 Å². The summed E-state index contributed by atoms with van der Waals surface area (Å²) >= 11 is 0. The van der Waals surface area contributed by atoms with Crippen molar-refractivity contribution < 1.29 is 19.3 Å². The van der Waals surface area contributed by atoms with Crippen LogP contribution in [0.1, 0.15) is 39.6 Å². The lowest BCUT2D eigenvalue weighted by atomic mass is 9.97. The van der Waals surface area contributed by atoms with E-state index in [9.17, 15) is 5.11 Å². The molecule has 0 radical (unpaired) electrons. The molecule has 158 valence electrons. The lowest BCUT2D eigenvalue weighted by molar-refractivity contribution is -0.0291. The van der Waals surface area contributed by atoms with Gasteiger partial charge in [0.25, 0.3) is 0 Å². The minimum Gasteiger partial charge on any atom is -0.473 e. The first-order valence-electron chi connectivity index (χ1n) is 10.1. The van der Waals surface area contributed by atoms with Crippen molar-refractivity contribution in [2.24, 2.45) is 0 Å². The molecule has 0 aliphatic carbocycles. The minimum atomic E-state index is -0.817. The Labute approximate surface area is 178 Å². The Morgan fingerprint density at radius 3 is 2.40 bits per heavy atom. The van der Waals surface area contributed by atoms with Crippen molar-refractivity contribution in [2.75, 3.05) is 20.5 Å². The van der Waals surface area contributed by atoms with E-state index in [1.807, 2.05) is 74.5 Å². The van der Waals surface area contributed by atoms with Gasteiger partial charge in [-0.25, -0.2) is 4.98 Å². The van der Waals surface area contributed by atoms with Crippen molar-refractivity contribution in [3.05, 3.63) is 94.2 Å². The van der Waals surface area contributed by atoms with Crippen LogP contribution < -0.4 is 4.74 Å². The van der Waals surface area contributed by atoms with Gasteiger partial charge in [-0.05, 0) is 48.6 Å². The molecule has 0 saturated heterocycles. The van der Waals surface area contributed by atoms with Crippen molar-refractivity contribution >= 4 is 0 Å². The maximum atomic E-state index is 11.1. The van der Waals surface area contributed by atoms with Crippen LogP contribution in [0.4, 0.5) is 0 Å². The van der Waals surface area contributed by atoms with E-state index in [0.717, 1.165) is 34.4 Å². The van der Waals surface area contributed by atoms with E-state index in [-0.39, 0.29) is 0 Å². The summed E-state index contributed by atoms with van der Waals surface area (Å²) in [5, 5.41) is 11.1. The van der Waals surface area contributed by atoms with Gasteiger partial charge in [0.1, 0.15) is 19.5 Å². The fraction of sp³-hybridized carbons (Fsp3) is 0.320. The minimum absolute atomic E-state index is 0.294. The third-order valence-corrected chi connectivity index (χ3v) is 4.88. The summed E-state index contributed by atoms with van der Waals surface area (Å²) in [6.07, 6.45) is -0.0290. The summed E-state index contributed by atoms with van der Waals surface area (Å²) in [6.45, 7) is 5.19. The first-order chi connectivity index (χ1) is 14.6. The normalized spacial score (nSPS) is 12.0. The van der Waals surface area contributed by atoms with Gasteiger partial charge < -0.3 is 19.3 Å². The van der Waals surface area contributed by atoms with Crippen molar-refractivity contribution in [1.29, 1.82) is 0 Å². The van der Waals surface area contributed by atoms with E-state index < -0.39 is 6.10 Å². The smallest absolute Gasteiger partial charge is 0.220 e. The molecule has 0 aliphatic heterocycles. The number of benzene rings is 2. The van der Waals surface area contributed by atoms with Gasteiger partial charge in [0.05, 0.1) is 12.2 Å². The second-order valence-electron chi connectivity index (χ2n) is 7.28. The van der Waals surface area contributed by atoms with Crippen LogP contribution in [0, 0.1) is 13.8 Å². The predicted octanol–water partition coefficient (Wildman–Crippen LogP) is 4.52. The van der Waals surface area contributed by atoms with E-state index in [2.05, 4.69) is 4.98 Å². The molecule has 0 aliphatic rings. The number of pyridine rings is 1. The van der Waals surface area contributed by atoms with Gasteiger partial charge in [0, 0.05) is 12.8 Å². The second-order valence-corrected chi connectivity index (χ2v) is 7.28. The number of nitrogens with zero attached hydrogens (tertiary/aromatic N) is 1. The molecule has 1 heterocycles. The van der Waals surface area contributed by atoms with Crippen molar-refractivity contribution in [2.45, 2.75) is 33.0 Å². The van der Waals surface area contributed by atoms with Crippen LogP contribution in [0.2, 0.25) is 0 Å². The zero-order chi connectivity index (χ0) is 21.3. The first-order valence-corrected chi connectivity index (χ1v) is 10.1. The Bertz CT molecular complexity index is 926. The molecule has 2 aromatic carbocycles. The highest BCUT2D eigenvalue weighted by atomic mass is 16.7. The molecule has 3 rings (SSSR count). The Morgan fingerprint density at radius 2 is 1.70 bits per heavy atom. The molecular weight excluding hydrogens is 378 g/mol. The average molecular weight is 408 g/mol. The van der Waals surface area contributed by atoms with Crippen molar-refractivity contribution in [3.8, 4) is 5.88 Å². The van der Waals surface area contributed by atoms with Crippen LogP contribution in [0.5, 0.6) is 5.88 Å². The standard InChI is InChI=1S/C25H29NO4/c1-18-15-19(2)26-25(30-16-21-7-5-4-6-8-21)23(18)24(27)22-11-9-20(10-12-22)13-14-29-17-28-3/h4-12,15,24,27H,13-14,16-17H2,1-3H3. The van der Waals surface area contributed by atoms with E-state index in [0.29, 0.717) is 31.5 Å². The number of aliphatic hydroxyl groups is 1. The number of aliphatic hydroxyl groups excluding tert-OH is 1. The van der Waals surface area contributed by atoms with Gasteiger partial charge >= 0.3 is 0 Å². The summed E-state index contributed by atoms with van der Waals surface area (Å²) in [5.41, 5.74) is 5.51. The SMILES string of the molecule is COCOCCc1ccc(C(O)c2c(C)cc(C)nc2OCc2ccccc2)cc1. The monoisotopic (exact) mass is 407 g/mol.